The number of benzene rings is 1. The van der Waals surface area contributed by atoms with Crippen LogP contribution in [0, 0.1) is 0 Å². The summed E-state index contributed by atoms with van der Waals surface area (Å²) in [7, 11) is 0. The number of rotatable bonds is 20. The number of carbonyl (C=O) groups excluding carboxylic acids is 1. The van der Waals surface area contributed by atoms with Crippen molar-refractivity contribution in [1.29, 1.82) is 0 Å². The maximum Gasteiger partial charge on any atom is 0.220 e. The molecule has 0 aromatic heterocycles. The van der Waals surface area contributed by atoms with Crippen LogP contribution in [0.2, 0.25) is 0 Å². The average Bonchev–Trinajstić information content (AvgIpc) is 2.80. The van der Waals surface area contributed by atoms with Gasteiger partial charge in [-0.15, -0.1) is 0 Å². The van der Waals surface area contributed by atoms with E-state index in [-0.39, 0.29) is 12.5 Å². The van der Waals surface area contributed by atoms with Crippen molar-refractivity contribution in [2.45, 2.75) is 122 Å². The largest absolute Gasteiger partial charge is 0.394 e. The van der Waals surface area contributed by atoms with Crippen LogP contribution >= 0.6 is 0 Å². The smallest absolute Gasteiger partial charge is 0.220 e. The Morgan fingerprint density at radius 1 is 0.774 bits per heavy atom. The number of amides is 1. The fraction of sp³-hybridized carbons (Fsp3) is 0.741. The second-order valence-corrected chi connectivity index (χ2v) is 8.91. The molecule has 0 unspecified atom stereocenters. The fourth-order valence-electron chi connectivity index (χ4n) is 4.04. The molecule has 0 aliphatic rings. The molecule has 0 saturated carbocycles. The molecule has 0 bridgehead atoms. The molecular weight excluding hydrogens is 386 g/mol. The highest BCUT2D eigenvalue weighted by Gasteiger charge is 2.21. The van der Waals surface area contributed by atoms with E-state index in [1.807, 2.05) is 18.2 Å². The Balaban J connectivity index is 1.95. The van der Waals surface area contributed by atoms with Gasteiger partial charge in [-0.2, -0.15) is 0 Å². The molecule has 0 heterocycles. The Kier molecular flexibility index (Phi) is 17.2. The fourth-order valence-corrected chi connectivity index (χ4v) is 4.04. The number of aliphatic hydroxyl groups is 2. The number of hydrogen-bond acceptors (Lipinski definition) is 3. The molecule has 0 aliphatic heterocycles. The van der Waals surface area contributed by atoms with Gasteiger partial charge in [0.2, 0.25) is 5.91 Å². The molecule has 0 saturated heterocycles. The highest BCUT2D eigenvalue weighted by atomic mass is 16.3. The molecule has 0 fully saturated rings. The molecule has 1 rings (SSSR count). The maximum absolute atomic E-state index is 12.1. The van der Waals surface area contributed by atoms with Crippen LogP contribution in [0.1, 0.15) is 121 Å². The number of hydrogen-bond donors (Lipinski definition) is 3. The Morgan fingerprint density at radius 3 is 1.68 bits per heavy atom. The zero-order valence-corrected chi connectivity index (χ0v) is 19.9. The summed E-state index contributed by atoms with van der Waals surface area (Å²) in [5.74, 6) is -0.0938. The first-order valence-electron chi connectivity index (χ1n) is 12.8. The van der Waals surface area contributed by atoms with Crippen LogP contribution in [-0.4, -0.2) is 28.8 Å². The zero-order valence-electron chi connectivity index (χ0n) is 19.9. The summed E-state index contributed by atoms with van der Waals surface area (Å²) >= 11 is 0. The van der Waals surface area contributed by atoms with E-state index < -0.39 is 12.1 Å². The number of unbranched alkanes of at least 4 members (excludes halogenated alkanes) is 14. The predicted molar refractivity (Wildman–Crippen MR) is 130 cm³/mol. The third-order valence-corrected chi connectivity index (χ3v) is 6.07. The van der Waals surface area contributed by atoms with Crippen molar-refractivity contribution >= 4 is 5.91 Å². The van der Waals surface area contributed by atoms with Crippen molar-refractivity contribution in [1.82, 2.24) is 5.32 Å². The molecular formula is C27H47NO3. The molecule has 1 aromatic carbocycles. The van der Waals surface area contributed by atoms with Crippen molar-refractivity contribution in [3.63, 3.8) is 0 Å². The summed E-state index contributed by atoms with van der Waals surface area (Å²) in [5.41, 5.74) is 0.703. The molecule has 1 amide bonds. The first-order chi connectivity index (χ1) is 15.2. The third kappa shape index (κ3) is 14.3. The Bertz CT molecular complexity index is 535. The predicted octanol–water partition coefficient (Wildman–Crippen LogP) is 6.46. The first-order valence-corrected chi connectivity index (χ1v) is 12.8. The van der Waals surface area contributed by atoms with E-state index in [0.717, 1.165) is 12.8 Å². The monoisotopic (exact) mass is 433 g/mol. The van der Waals surface area contributed by atoms with E-state index >= 15 is 0 Å². The van der Waals surface area contributed by atoms with Gasteiger partial charge in [0.15, 0.2) is 0 Å². The summed E-state index contributed by atoms with van der Waals surface area (Å²) < 4.78 is 0. The molecule has 1 aromatic rings. The van der Waals surface area contributed by atoms with Gasteiger partial charge in [0, 0.05) is 6.42 Å². The van der Waals surface area contributed by atoms with E-state index in [1.54, 1.807) is 12.1 Å². The zero-order chi connectivity index (χ0) is 22.6. The third-order valence-electron chi connectivity index (χ3n) is 6.07. The van der Waals surface area contributed by atoms with E-state index in [9.17, 15) is 15.0 Å². The van der Waals surface area contributed by atoms with E-state index in [2.05, 4.69) is 12.2 Å². The summed E-state index contributed by atoms with van der Waals surface area (Å²) in [6, 6.07) is 8.49. The van der Waals surface area contributed by atoms with Crippen molar-refractivity contribution in [2.24, 2.45) is 0 Å². The van der Waals surface area contributed by atoms with Crippen LogP contribution in [0.5, 0.6) is 0 Å². The van der Waals surface area contributed by atoms with Crippen molar-refractivity contribution < 1.29 is 15.0 Å². The Hall–Kier alpha value is -1.39. The summed E-state index contributed by atoms with van der Waals surface area (Å²) in [6.07, 6.45) is 19.1. The lowest BCUT2D eigenvalue weighted by molar-refractivity contribution is -0.123. The molecule has 31 heavy (non-hydrogen) atoms. The van der Waals surface area contributed by atoms with Crippen LogP contribution in [0.15, 0.2) is 30.3 Å². The molecule has 178 valence electrons. The molecule has 3 N–H and O–H groups in total. The minimum atomic E-state index is -0.892. The molecule has 2 atom stereocenters. The second-order valence-electron chi connectivity index (χ2n) is 8.91. The van der Waals surface area contributed by atoms with Crippen LogP contribution in [0.25, 0.3) is 0 Å². The van der Waals surface area contributed by atoms with Gasteiger partial charge in [-0.25, -0.2) is 0 Å². The number of carbonyl (C=O) groups is 1. The molecule has 0 spiro atoms. The van der Waals surface area contributed by atoms with Crippen LogP contribution < -0.4 is 5.32 Å². The van der Waals surface area contributed by atoms with Gasteiger partial charge in [0.1, 0.15) is 6.10 Å². The summed E-state index contributed by atoms with van der Waals surface area (Å²) in [6.45, 7) is 1.99. The van der Waals surface area contributed by atoms with Gasteiger partial charge in [-0.05, 0) is 12.0 Å². The summed E-state index contributed by atoms with van der Waals surface area (Å²) in [5, 5.41) is 22.7. The van der Waals surface area contributed by atoms with Crippen LogP contribution in [-0.2, 0) is 4.79 Å². The van der Waals surface area contributed by atoms with Crippen LogP contribution in [0.4, 0.5) is 0 Å². The topological polar surface area (TPSA) is 69.6 Å². The Labute approximate surface area is 190 Å². The molecule has 0 aliphatic carbocycles. The van der Waals surface area contributed by atoms with Gasteiger partial charge in [0.05, 0.1) is 12.6 Å². The van der Waals surface area contributed by atoms with Crippen molar-refractivity contribution in [3.8, 4) is 0 Å². The maximum atomic E-state index is 12.1. The highest BCUT2D eigenvalue weighted by molar-refractivity contribution is 5.76. The van der Waals surface area contributed by atoms with E-state index in [0.29, 0.717) is 12.0 Å². The average molecular weight is 434 g/mol. The Morgan fingerprint density at radius 2 is 1.23 bits per heavy atom. The minimum absolute atomic E-state index is 0.0938. The lowest BCUT2D eigenvalue weighted by Crippen LogP contribution is -2.41. The van der Waals surface area contributed by atoms with E-state index in [4.69, 9.17) is 0 Å². The molecule has 4 nitrogen and oxygen atoms in total. The lowest BCUT2D eigenvalue weighted by Gasteiger charge is -2.22. The van der Waals surface area contributed by atoms with E-state index in [1.165, 1.54) is 83.5 Å². The van der Waals surface area contributed by atoms with Gasteiger partial charge >= 0.3 is 0 Å². The summed E-state index contributed by atoms with van der Waals surface area (Å²) in [4.78, 5) is 12.1. The van der Waals surface area contributed by atoms with Gasteiger partial charge in [0.25, 0.3) is 0 Å². The van der Waals surface area contributed by atoms with Crippen molar-refractivity contribution in [3.05, 3.63) is 35.9 Å². The van der Waals surface area contributed by atoms with Gasteiger partial charge in [-0.1, -0.05) is 127 Å². The molecule has 0 radical (unpaired) electrons. The highest BCUT2D eigenvalue weighted by Crippen LogP contribution is 2.17. The SMILES string of the molecule is CCCCCCCCCCCCCCCCCC(=O)N[C@@H](CO)[C@@H](O)c1ccccc1. The number of nitrogens with one attached hydrogen (secondary N) is 1. The second kappa shape index (κ2) is 19.3. The number of aliphatic hydroxyl groups excluding tert-OH is 2. The van der Waals surface area contributed by atoms with Gasteiger partial charge < -0.3 is 15.5 Å². The normalized spacial score (nSPS) is 13.1. The standard InChI is InChI=1S/C27H47NO3/c1-2-3-4-5-6-7-8-9-10-11-12-13-14-15-19-22-26(30)28-25(23-29)27(31)24-20-17-16-18-21-24/h16-18,20-21,25,27,29,31H,2-15,19,22-23H2,1H3,(H,28,30)/t25-,27-/m0/s1. The first kappa shape index (κ1) is 27.6. The molecule has 4 heteroatoms. The van der Waals surface area contributed by atoms with Gasteiger partial charge in [-0.3, -0.25) is 4.79 Å². The minimum Gasteiger partial charge on any atom is -0.394 e. The van der Waals surface area contributed by atoms with Crippen LogP contribution in [0.3, 0.4) is 0 Å². The lowest BCUT2D eigenvalue weighted by atomic mass is 10.0. The quantitative estimate of drug-likeness (QED) is 0.207. The van der Waals surface area contributed by atoms with Crippen molar-refractivity contribution in [2.75, 3.05) is 6.61 Å².